The van der Waals surface area contributed by atoms with E-state index in [0.717, 1.165) is 38.6 Å². The predicted molar refractivity (Wildman–Crippen MR) is 105 cm³/mol. The molecular weight excluding hydrogens is 372 g/mol. The smallest absolute Gasteiger partial charge is 0.258 e. The van der Waals surface area contributed by atoms with Gasteiger partial charge in [-0.1, -0.05) is 0 Å². The molecule has 7 heteroatoms. The van der Waals surface area contributed by atoms with Crippen molar-refractivity contribution >= 4 is 11.8 Å². The van der Waals surface area contributed by atoms with Crippen molar-refractivity contribution < 1.29 is 24.2 Å². The standard InChI is InChI=1S/C22H28N2O5/c1-28-16-6-7-17-19(10-16)29-22(23-20(17)26)11-13-4-5-14(22)9-18(13)21(27)24-8-2-3-15(25)12-24/h6-7,10,13-15,18,25H,2-5,8-9,11-12H2,1H3,(H,23,26)/t13-,14+,15+,18-,22+/m1/s1. The molecule has 0 unspecified atom stereocenters. The van der Waals surface area contributed by atoms with E-state index < -0.39 is 11.8 Å². The Bertz CT molecular complexity index is 842. The van der Waals surface area contributed by atoms with E-state index in [0.29, 0.717) is 30.0 Å². The molecule has 5 aliphatic rings. The minimum Gasteiger partial charge on any atom is -0.497 e. The summed E-state index contributed by atoms with van der Waals surface area (Å²) in [5.74, 6) is 1.49. The van der Waals surface area contributed by atoms with Crippen molar-refractivity contribution in [2.75, 3.05) is 20.2 Å². The zero-order valence-corrected chi connectivity index (χ0v) is 16.7. The Morgan fingerprint density at radius 2 is 2.21 bits per heavy atom. The van der Waals surface area contributed by atoms with Crippen molar-refractivity contribution in [3.05, 3.63) is 23.8 Å². The highest BCUT2D eigenvalue weighted by atomic mass is 16.5. The molecule has 4 fully saturated rings. The van der Waals surface area contributed by atoms with Crippen LogP contribution in [0.15, 0.2) is 18.2 Å². The van der Waals surface area contributed by atoms with E-state index in [2.05, 4.69) is 5.32 Å². The van der Waals surface area contributed by atoms with Gasteiger partial charge < -0.3 is 24.8 Å². The maximum atomic E-state index is 13.2. The first kappa shape index (κ1) is 18.7. The zero-order chi connectivity index (χ0) is 20.2. The minimum absolute atomic E-state index is 0.0446. The average Bonchev–Trinajstić information content (AvgIpc) is 2.73. The highest BCUT2D eigenvalue weighted by molar-refractivity contribution is 5.98. The lowest BCUT2D eigenvalue weighted by Gasteiger charge is -2.55. The van der Waals surface area contributed by atoms with Crippen LogP contribution < -0.4 is 14.8 Å². The van der Waals surface area contributed by atoms with Crippen LogP contribution in [-0.4, -0.2) is 53.8 Å². The number of hydrogen-bond donors (Lipinski definition) is 2. The fourth-order valence-corrected chi connectivity index (χ4v) is 5.81. The number of rotatable bonds is 2. The molecule has 1 saturated heterocycles. The van der Waals surface area contributed by atoms with E-state index in [-0.39, 0.29) is 29.6 Å². The number of benzene rings is 1. The summed E-state index contributed by atoms with van der Waals surface area (Å²) in [6.07, 6.45) is 4.50. The number of likely N-dealkylation sites (tertiary alicyclic amines) is 1. The second-order valence-electron chi connectivity index (χ2n) is 8.97. The van der Waals surface area contributed by atoms with Gasteiger partial charge in [-0.25, -0.2) is 0 Å². The van der Waals surface area contributed by atoms with Crippen LogP contribution in [0.5, 0.6) is 11.5 Å². The van der Waals surface area contributed by atoms with E-state index >= 15 is 0 Å². The summed E-state index contributed by atoms with van der Waals surface area (Å²) in [7, 11) is 1.59. The molecule has 6 rings (SSSR count). The largest absolute Gasteiger partial charge is 0.497 e. The van der Waals surface area contributed by atoms with E-state index in [9.17, 15) is 14.7 Å². The minimum atomic E-state index is -0.739. The van der Waals surface area contributed by atoms with Crippen LogP contribution in [-0.2, 0) is 4.79 Å². The molecule has 2 aliphatic heterocycles. The van der Waals surface area contributed by atoms with Crippen LogP contribution in [0.25, 0.3) is 0 Å². The maximum Gasteiger partial charge on any atom is 0.258 e. The third kappa shape index (κ3) is 3.06. The molecule has 0 aromatic heterocycles. The number of ether oxygens (including phenoxy) is 2. The maximum absolute atomic E-state index is 13.2. The van der Waals surface area contributed by atoms with Gasteiger partial charge in [0.2, 0.25) is 5.91 Å². The number of fused-ring (bicyclic) bond motifs is 3. The molecule has 2 N–H and O–H groups in total. The van der Waals surface area contributed by atoms with Gasteiger partial charge in [-0.3, -0.25) is 9.59 Å². The number of hydrogen-bond acceptors (Lipinski definition) is 5. The second kappa shape index (κ2) is 6.90. The number of carbonyl (C=O) groups excluding carboxylic acids is 2. The molecule has 7 nitrogen and oxygen atoms in total. The molecule has 156 valence electrons. The second-order valence-corrected chi connectivity index (χ2v) is 8.97. The number of β-amino-alcohol motifs (C(OH)–C–C–N with tert-alkyl or cyclic N) is 1. The summed E-state index contributed by atoms with van der Waals surface area (Å²) in [6, 6.07) is 5.26. The van der Waals surface area contributed by atoms with Gasteiger partial charge in [0.25, 0.3) is 5.91 Å². The van der Waals surface area contributed by atoms with Crippen LogP contribution in [0.3, 0.4) is 0 Å². The van der Waals surface area contributed by atoms with Crippen molar-refractivity contribution in [2.24, 2.45) is 17.8 Å². The van der Waals surface area contributed by atoms with Crippen molar-refractivity contribution in [3.8, 4) is 11.5 Å². The third-order valence-electron chi connectivity index (χ3n) is 7.29. The van der Waals surface area contributed by atoms with Crippen LogP contribution >= 0.6 is 0 Å². The third-order valence-corrected chi connectivity index (χ3v) is 7.29. The molecule has 1 aromatic carbocycles. The number of methoxy groups -OCH3 is 1. The Balaban J connectivity index is 1.37. The topological polar surface area (TPSA) is 88.1 Å². The Morgan fingerprint density at radius 3 is 2.93 bits per heavy atom. The molecule has 1 spiro atoms. The molecular formula is C22H28N2O5. The van der Waals surface area contributed by atoms with Crippen molar-refractivity contribution in [1.29, 1.82) is 0 Å². The SMILES string of the molecule is COc1ccc2c(c1)O[C@]1(C[C@H]3CC[C@H]1C[C@H]3C(=O)N1CCC[C@H](O)C1)NC2=O. The van der Waals surface area contributed by atoms with Gasteiger partial charge in [-0.2, -0.15) is 0 Å². The normalized spacial score (nSPS) is 35.7. The monoisotopic (exact) mass is 400 g/mol. The summed E-state index contributed by atoms with van der Waals surface area (Å²) in [5.41, 5.74) is -0.217. The Morgan fingerprint density at radius 1 is 1.34 bits per heavy atom. The predicted octanol–water partition coefficient (Wildman–Crippen LogP) is 1.93. The van der Waals surface area contributed by atoms with Crippen molar-refractivity contribution in [2.45, 2.75) is 50.4 Å². The molecule has 1 aromatic rings. The lowest BCUT2D eigenvalue weighted by molar-refractivity contribution is -0.157. The summed E-state index contributed by atoms with van der Waals surface area (Å²) < 4.78 is 11.7. The number of carbonyl (C=O) groups is 2. The molecule has 2 bridgehead atoms. The van der Waals surface area contributed by atoms with E-state index in [1.165, 1.54) is 0 Å². The first-order valence-electron chi connectivity index (χ1n) is 10.7. The van der Waals surface area contributed by atoms with Gasteiger partial charge in [-0.05, 0) is 50.2 Å². The van der Waals surface area contributed by atoms with Crippen LogP contribution in [0.1, 0.15) is 48.9 Å². The fourth-order valence-electron chi connectivity index (χ4n) is 5.81. The van der Waals surface area contributed by atoms with Crippen LogP contribution in [0.4, 0.5) is 0 Å². The summed E-state index contributed by atoms with van der Waals surface area (Å²) in [6.45, 7) is 1.17. The number of nitrogens with zero attached hydrogens (tertiary/aromatic N) is 1. The van der Waals surface area contributed by atoms with Crippen molar-refractivity contribution in [3.63, 3.8) is 0 Å². The summed E-state index contributed by atoms with van der Waals surface area (Å²) in [4.78, 5) is 27.8. The lowest BCUT2D eigenvalue weighted by atomic mass is 9.59. The highest BCUT2D eigenvalue weighted by Crippen LogP contribution is 2.53. The van der Waals surface area contributed by atoms with Gasteiger partial charge >= 0.3 is 0 Å². The van der Waals surface area contributed by atoms with Crippen LogP contribution in [0.2, 0.25) is 0 Å². The zero-order valence-electron chi connectivity index (χ0n) is 16.7. The van der Waals surface area contributed by atoms with Crippen molar-refractivity contribution in [1.82, 2.24) is 10.2 Å². The molecule has 29 heavy (non-hydrogen) atoms. The Kier molecular flexibility index (Phi) is 4.46. The average molecular weight is 400 g/mol. The quantitative estimate of drug-likeness (QED) is 0.792. The summed E-state index contributed by atoms with van der Waals surface area (Å²) in [5, 5.41) is 13.1. The lowest BCUT2D eigenvalue weighted by Crippen LogP contribution is -2.67. The van der Waals surface area contributed by atoms with Gasteiger partial charge in [0.05, 0.1) is 18.8 Å². The van der Waals surface area contributed by atoms with Gasteiger partial charge in [0, 0.05) is 37.4 Å². The van der Waals surface area contributed by atoms with Gasteiger partial charge in [0.1, 0.15) is 11.5 Å². The van der Waals surface area contributed by atoms with Crippen LogP contribution in [0, 0.1) is 17.8 Å². The molecule has 3 saturated carbocycles. The number of nitrogens with one attached hydrogen (secondary N) is 1. The highest BCUT2D eigenvalue weighted by Gasteiger charge is 2.57. The Hall–Kier alpha value is -2.28. The first-order chi connectivity index (χ1) is 14.0. The number of aliphatic hydroxyl groups is 1. The summed E-state index contributed by atoms with van der Waals surface area (Å²) >= 11 is 0. The fraction of sp³-hybridized carbons (Fsp3) is 0.636. The molecule has 2 amide bonds. The molecule has 5 atom stereocenters. The molecule has 2 heterocycles. The number of aliphatic hydroxyl groups excluding tert-OH is 1. The van der Waals surface area contributed by atoms with E-state index in [4.69, 9.17) is 9.47 Å². The molecule has 3 aliphatic carbocycles. The van der Waals surface area contributed by atoms with Gasteiger partial charge in [-0.15, -0.1) is 0 Å². The van der Waals surface area contributed by atoms with Gasteiger partial charge in [0.15, 0.2) is 5.72 Å². The Labute approximate surface area is 170 Å². The first-order valence-corrected chi connectivity index (χ1v) is 10.7. The van der Waals surface area contributed by atoms with E-state index in [1.54, 1.807) is 25.3 Å². The number of piperidine rings is 1. The molecule has 0 radical (unpaired) electrons. The number of amides is 2. The van der Waals surface area contributed by atoms with E-state index in [1.807, 2.05) is 4.90 Å².